The van der Waals surface area contributed by atoms with Crippen molar-refractivity contribution >= 4 is 23.0 Å². The summed E-state index contributed by atoms with van der Waals surface area (Å²) in [5, 5.41) is 14.4. The van der Waals surface area contributed by atoms with Gasteiger partial charge >= 0.3 is 0 Å². The van der Waals surface area contributed by atoms with Gasteiger partial charge in [0, 0.05) is 49.7 Å². The van der Waals surface area contributed by atoms with Gasteiger partial charge in [-0.1, -0.05) is 12.1 Å². The van der Waals surface area contributed by atoms with Crippen LogP contribution in [0.25, 0.3) is 0 Å². The van der Waals surface area contributed by atoms with Crippen molar-refractivity contribution in [3.63, 3.8) is 0 Å². The first kappa shape index (κ1) is 23.6. The SMILES string of the molecule is COc1ccc(N2CCN3c4ccc([N+](=O)[O-])cc4C[C@@H](C(=O)NCc4ccc(F)cc4)[C@H]3C2)cc1. The number of hydrogen-bond donors (Lipinski definition) is 1. The summed E-state index contributed by atoms with van der Waals surface area (Å²) in [5.41, 5.74) is 3.63. The quantitative estimate of drug-likeness (QED) is 0.416. The highest BCUT2D eigenvalue weighted by Crippen LogP contribution is 2.38. The molecule has 36 heavy (non-hydrogen) atoms. The van der Waals surface area contributed by atoms with Gasteiger partial charge < -0.3 is 19.9 Å². The van der Waals surface area contributed by atoms with E-state index in [-0.39, 0.29) is 30.0 Å². The molecule has 0 bridgehead atoms. The molecule has 2 atom stereocenters. The minimum absolute atomic E-state index is 0.0227. The van der Waals surface area contributed by atoms with Crippen LogP contribution in [0.15, 0.2) is 66.7 Å². The number of nitro benzene ring substituents is 1. The molecule has 2 aliphatic heterocycles. The van der Waals surface area contributed by atoms with Crippen LogP contribution in [-0.4, -0.2) is 43.6 Å². The molecule has 5 rings (SSSR count). The van der Waals surface area contributed by atoms with E-state index >= 15 is 0 Å². The van der Waals surface area contributed by atoms with Gasteiger partial charge in [-0.2, -0.15) is 0 Å². The largest absolute Gasteiger partial charge is 0.497 e. The predicted octanol–water partition coefficient (Wildman–Crippen LogP) is 3.93. The zero-order valence-corrected chi connectivity index (χ0v) is 19.9. The molecule has 2 heterocycles. The lowest BCUT2D eigenvalue weighted by Gasteiger charge is -2.49. The van der Waals surface area contributed by atoms with Crippen LogP contribution in [-0.2, 0) is 17.8 Å². The highest BCUT2D eigenvalue weighted by Gasteiger charge is 2.42. The van der Waals surface area contributed by atoms with Crippen LogP contribution in [0.3, 0.4) is 0 Å². The van der Waals surface area contributed by atoms with Crippen molar-refractivity contribution < 1.29 is 18.8 Å². The zero-order valence-electron chi connectivity index (χ0n) is 19.9. The van der Waals surface area contributed by atoms with E-state index in [1.165, 1.54) is 18.2 Å². The van der Waals surface area contributed by atoms with E-state index in [1.807, 2.05) is 24.3 Å². The van der Waals surface area contributed by atoms with Crippen molar-refractivity contribution in [3.8, 4) is 5.75 Å². The summed E-state index contributed by atoms with van der Waals surface area (Å²) >= 11 is 0. The number of piperazine rings is 1. The number of anilines is 2. The second kappa shape index (κ2) is 9.85. The van der Waals surface area contributed by atoms with E-state index in [0.29, 0.717) is 19.5 Å². The Morgan fingerprint density at radius 3 is 2.56 bits per heavy atom. The van der Waals surface area contributed by atoms with Gasteiger partial charge in [0.05, 0.1) is 24.0 Å². The summed E-state index contributed by atoms with van der Waals surface area (Å²) in [4.78, 5) is 28.9. The van der Waals surface area contributed by atoms with Crippen LogP contribution >= 0.6 is 0 Å². The van der Waals surface area contributed by atoms with Gasteiger partial charge in [0.1, 0.15) is 11.6 Å². The number of rotatable bonds is 6. The van der Waals surface area contributed by atoms with Crippen LogP contribution in [0.1, 0.15) is 11.1 Å². The first-order chi connectivity index (χ1) is 17.4. The Bertz CT molecular complexity index is 1270. The molecule has 1 amide bonds. The molecule has 9 heteroatoms. The molecule has 1 N–H and O–H groups in total. The summed E-state index contributed by atoms with van der Waals surface area (Å²) in [6, 6.07) is 18.7. The second-order valence-corrected chi connectivity index (χ2v) is 9.13. The summed E-state index contributed by atoms with van der Waals surface area (Å²) in [5.74, 6) is -0.0697. The number of ether oxygens (including phenoxy) is 1. The first-order valence-corrected chi connectivity index (χ1v) is 11.9. The summed E-state index contributed by atoms with van der Waals surface area (Å²) in [6.07, 6.45) is 0.407. The van der Waals surface area contributed by atoms with Gasteiger partial charge in [-0.15, -0.1) is 0 Å². The number of methoxy groups -OCH3 is 1. The molecule has 1 fully saturated rings. The average molecular weight is 491 g/mol. The maximum absolute atomic E-state index is 13.5. The summed E-state index contributed by atoms with van der Waals surface area (Å²) < 4.78 is 18.5. The van der Waals surface area contributed by atoms with Crippen LogP contribution in [0, 0.1) is 21.8 Å². The topological polar surface area (TPSA) is 87.9 Å². The fourth-order valence-corrected chi connectivity index (χ4v) is 5.17. The number of amides is 1. The Morgan fingerprint density at radius 1 is 1.11 bits per heavy atom. The highest BCUT2D eigenvalue weighted by atomic mass is 19.1. The molecule has 2 aliphatic rings. The second-order valence-electron chi connectivity index (χ2n) is 9.13. The van der Waals surface area contributed by atoms with Crippen LogP contribution < -0.4 is 19.9 Å². The minimum atomic E-state index is -0.405. The molecular formula is C27H27FN4O4. The van der Waals surface area contributed by atoms with E-state index < -0.39 is 10.8 Å². The lowest BCUT2D eigenvalue weighted by atomic mass is 9.83. The number of fused-ring (bicyclic) bond motifs is 3. The molecule has 0 radical (unpaired) electrons. The van der Waals surface area contributed by atoms with Crippen molar-refractivity contribution in [2.75, 3.05) is 36.5 Å². The smallest absolute Gasteiger partial charge is 0.269 e. The van der Waals surface area contributed by atoms with Crippen molar-refractivity contribution in [1.29, 1.82) is 0 Å². The lowest BCUT2D eigenvalue weighted by Crippen LogP contribution is -2.61. The first-order valence-electron chi connectivity index (χ1n) is 11.9. The number of benzene rings is 3. The van der Waals surface area contributed by atoms with E-state index in [4.69, 9.17) is 4.74 Å². The number of nitrogens with one attached hydrogen (secondary N) is 1. The standard InChI is InChI=1S/C27H27FN4O4/c1-36-23-9-6-21(7-10-23)30-12-13-31-25-11-8-22(32(34)35)14-19(25)15-24(26(31)17-30)27(33)29-16-18-2-4-20(28)5-3-18/h2-11,14,24,26H,12-13,15-17H2,1H3,(H,29,33)/t24-,26-/m1/s1. The molecule has 0 aliphatic carbocycles. The number of hydrogen-bond acceptors (Lipinski definition) is 6. The molecule has 3 aromatic rings. The number of nitrogens with zero attached hydrogens (tertiary/aromatic N) is 3. The third-order valence-electron chi connectivity index (χ3n) is 7.06. The van der Waals surface area contributed by atoms with Crippen LogP contribution in [0.5, 0.6) is 5.75 Å². The van der Waals surface area contributed by atoms with Gasteiger partial charge in [-0.25, -0.2) is 4.39 Å². The van der Waals surface area contributed by atoms with Crippen LogP contribution in [0.4, 0.5) is 21.5 Å². The fourth-order valence-electron chi connectivity index (χ4n) is 5.17. The summed E-state index contributed by atoms with van der Waals surface area (Å²) in [7, 11) is 1.63. The third kappa shape index (κ3) is 4.68. The molecule has 0 saturated carbocycles. The predicted molar refractivity (Wildman–Crippen MR) is 135 cm³/mol. The average Bonchev–Trinajstić information content (AvgIpc) is 2.91. The van der Waals surface area contributed by atoms with Crippen molar-refractivity contribution in [3.05, 3.63) is 93.8 Å². The molecule has 0 spiro atoms. The fraction of sp³-hybridized carbons (Fsp3) is 0.296. The van der Waals surface area contributed by atoms with E-state index in [9.17, 15) is 19.3 Å². The highest BCUT2D eigenvalue weighted by molar-refractivity contribution is 5.82. The molecule has 3 aromatic carbocycles. The maximum atomic E-state index is 13.5. The monoisotopic (exact) mass is 490 g/mol. The Kier molecular flexibility index (Phi) is 6.45. The van der Waals surface area contributed by atoms with Gasteiger partial charge in [-0.3, -0.25) is 14.9 Å². The number of carbonyl (C=O) groups excluding carboxylic acids is 1. The zero-order chi connectivity index (χ0) is 25.2. The number of halogens is 1. The van der Waals surface area contributed by atoms with Gasteiger partial charge in [0.15, 0.2) is 0 Å². The van der Waals surface area contributed by atoms with E-state index in [2.05, 4.69) is 15.1 Å². The van der Waals surface area contributed by atoms with Gasteiger partial charge in [-0.05, 0) is 60.0 Å². The minimum Gasteiger partial charge on any atom is -0.497 e. The number of nitro groups is 1. The van der Waals surface area contributed by atoms with Crippen LogP contribution in [0.2, 0.25) is 0 Å². The Hall–Kier alpha value is -4.14. The molecule has 8 nitrogen and oxygen atoms in total. The maximum Gasteiger partial charge on any atom is 0.269 e. The molecule has 1 saturated heterocycles. The van der Waals surface area contributed by atoms with Crippen molar-refractivity contribution in [2.45, 2.75) is 19.0 Å². The molecule has 0 aromatic heterocycles. The Morgan fingerprint density at radius 2 is 1.86 bits per heavy atom. The van der Waals surface area contributed by atoms with E-state index in [0.717, 1.165) is 34.8 Å². The van der Waals surface area contributed by atoms with Gasteiger partial charge in [0.25, 0.3) is 5.69 Å². The molecule has 186 valence electrons. The molecular weight excluding hydrogens is 463 g/mol. The lowest BCUT2D eigenvalue weighted by molar-refractivity contribution is -0.384. The van der Waals surface area contributed by atoms with Crippen molar-refractivity contribution in [1.82, 2.24) is 5.32 Å². The number of carbonyl (C=O) groups is 1. The normalized spacial score (nSPS) is 18.7. The van der Waals surface area contributed by atoms with Crippen molar-refractivity contribution in [2.24, 2.45) is 5.92 Å². The Labute approximate surface area is 208 Å². The van der Waals surface area contributed by atoms with E-state index in [1.54, 1.807) is 31.4 Å². The molecule has 0 unspecified atom stereocenters. The Balaban J connectivity index is 1.41. The summed E-state index contributed by atoms with van der Waals surface area (Å²) in [6.45, 7) is 2.36. The number of non-ortho nitro benzene ring substituents is 1. The van der Waals surface area contributed by atoms with Gasteiger partial charge in [0.2, 0.25) is 5.91 Å². The third-order valence-corrected chi connectivity index (χ3v) is 7.06.